The zero-order valence-electron chi connectivity index (χ0n) is 20.9. The molecule has 7 nitrogen and oxygen atoms in total. The van der Waals surface area contributed by atoms with Crippen LogP contribution in [0.4, 0.5) is 11.4 Å². The number of nitrogens with zero attached hydrogens (tertiary/aromatic N) is 2. The van der Waals surface area contributed by atoms with Crippen LogP contribution in [0, 0.1) is 0 Å². The van der Waals surface area contributed by atoms with Crippen molar-refractivity contribution in [3.63, 3.8) is 0 Å². The number of thiocarbonyl (C=S) groups is 1. The molecule has 38 heavy (non-hydrogen) atoms. The van der Waals surface area contributed by atoms with Crippen molar-refractivity contribution in [2.75, 3.05) is 9.80 Å². The van der Waals surface area contributed by atoms with Crippen molar-refractivity contribution in [3.8, 4) is 0 Å². The Labute approximate surface area is 227 Å². The fraction of sp³-hybridized carbons (Fsp3) is 0.133. The number of aliphatic hydroxyl groups is 1. The monoisotopic (exact) mass is 528 g/mol. The summed E-state index contributed by atoms with van der Waals surface area (Å²) in [6.07, 6.45) is 12.4. The van der Waals surface area contributed by atoms with Gasteiger partial charge in [0.1, 0.15) is 11.3 Å². The molecule has 0 radical (unpaired) electrons. The van der Waals surface area contributed by atoms with E-state index in [-0.39, 0.29) is 22.9 Å². The van der Waals surface area contributed by atoms with Crippen LogP contribution in [0.3, 0.4) is 0 Å². The first-order valence-corrected chi connectivity index (χ1v) is 12.4. The van der Waals surface area contributed by atoms with E-state index in [4.69, 9.17) is 17.3 Å². The van der Waals surface area contributed by atoms with Gasteiger partial charge in [0.15, 0.2) is 5.11 Å². The average Bonchev–Trinajstić information content (AvgIpc) is 2.91. The van der Waals surface area contributed by atoms with Crippen LogP contribution in [0.2, 0.25) is 0 Å². The Hall–Kier alpha value is -4.56. The van der Waals surface area contributed by atoms with Gasteiger partial charge < -0.3 is 10.2 Å². The maximum atomic E-state index is 13.4. The first kappa shape index (κ1) is 28.0. The molecule has 1 aliphatic heterocycles. The molecule has 8 heteroatoms. The number of carbonyl (C=O) groups is 3. The standard InChI is InChI=1S/C30H28N2O5S/c1-2-3-6-12-22(19-20-27(34)35)13-11-18-25(33)21-26-28(36)31(23-14-7-4-8-15-23)30(38)32(29(26)37)24-16-9-5-10-17-24/h2-5,7-11,13-19,21,33H,6,12,20H2,1H3,(H,34,35)/b3-2-,13-11+,22-19+,25-18-. The highest BCUT2D eigenvalue weighted by molar-refractivity contribution is 7.81. The molecule has 1 fully saturated rings. The number of carbonyl (C=O) groups excluding carboxylic acids is 2. The summed E-state index contributed by atoms with van der Waals surface area (Å²) in [4.78, 5) is 40.3. The van der Waals surface area contributed by atoms with Gasteiger partial charge in [-0.2, -0.15) is 0 Å². The fourth-order valence-corrected chi connectivity index (χ4v) is 4.07. The van der Waals surface area contributed by atoms with Crippen LogP contribution in [0.5, 0.6) is 0 Å². The summed E-state index contributed by atoms with van der Waals surface area (Å²) in [6, 6.07) is 17.5. The highest BCUT2D eigenvalue weighted by atomic mass is 32.1. The van der Waals surface area contributed by atoms with Gasteiger partial charge in [-0.15, -0.1) is 0 Å². The lowest BCUT2D eigenvalue weighted by Gasteiger charge is -2.36. The molecule has 0 aliphatic carbocycles. The van der Waals surface area contributed by atoms with Gasteiger partial charge in [0.2, 0.25) is 0 Å². The molecule has 1 aliphatic rings. The van der Waals surface area contributed by atoms with E-state index >= 15 is 0 Å². The van der Waals surface area contributed by atoms with Crippen molar-refractivity contribution in [1.82, 2.24) is 0 Å². The number of rotatable bonds is 10. The molecule has 2 aromatic carbocycles. The van der Waals surface area contributed by atoms with E-state index in [1.807, 2.05) is 19.1 Å². The number of carboxylic acids is 1. The van der Waals surface area contributed by atoms with Crippen LogP contribution in [0.15, 0.2) is 120 Å². The molecule has 3 rings (SSSR count). The predicted octanol–water partition coefficient (Wildman–Crippen LogP) is 6.03. The van der Waals surface area contributed by atoms with Crippen molar-refractivity contribution < 1.29 is 24.6 Å². The topological polar surface area (TPSA) is 98.2 Å². The molecule has 0 saturated carbocycles. The summed E-state index contributed by atoms with van der Waals surface area (Å²) in [5.41, 5.74) is 1.49. The predicted molar refractivity (Wildman–Crippen MR) is 153 cm³/mol. The van der Waals surface area contributed by atoms with Crippen LogP contribution in [-0.2, 0) is 14.4 Å². The van der Waals surface area contributed by atoms with E-state index < -0.39 is 17.8 Å². The second kappa shape index (κ2) is 13.7. The van der Waals surface area contributed by atoms with E-state index in [9.17, 15) is 19.5 Å². The average molecular weight is 529 g/mol. The maximum absolute atomic E-state index is 13.4. The molecule has 2 N–H and O–H groups in total. The van der Waals surface area contributed by atoms with Gasteiger partial charge in [0.05, 0.1) is 17.8 Å². The third-order valence-electron chi connectivity index (χ3n) is 5.52. The Morgan fingerprint density at radius 2 is 1.47 bits per heavy atom. The van der Waals surface area contributed by atoms with Gasteiger partial charge >= 0.3 is 5.97 Å². The zero-order valence-corrected chi connectivity index (χ0v) is 21.7. The molecule has 1 heterocycles. The summed E-state index contributed by atoms with van der Waals surface area (Å²) in [5.74, 6) is -2.58. The molecule has 2 aromatic rings. The quantitative estimate of drug-likeness (QED) is 0.0975. The van der Waals surface area contributed by atoms with E-state index in [0.717, 1.165) is 18.1 Å². The maximum Gasteiger partial charge on any atom is 0.307 e. The molecule has 0 bridgehead atoms. The summed E-state index contributed by atoms with van der Waals surface area (Å²) in [7, 11) is 0. The molecule has 0 unspecified atom stereocenters. The Balaban J connectivity index is 1.96. The molecule has 0 spiro atoms. The van der Waals surface area contributed by atoms with E-state index in [1.165, 1.54) is 15.9 Å². The third-order valence-corrected chi connectivity index (χ3v) is 5.89. The number of hydrogen-bond donors (Lipinski definition) is 2. The van der Waals surface area contributed by atoms with E-state index in [1.54, 1.807) is 78.9 Å². The van der Waals surface area contributed by atoms with Crippen LogP contribution in [0.1, 0.15) is 26.2 Å². The molecule has 0 aromatic heterocycles. The molecule has 194 valence electrons. The Kier molecular flexibility index (Phi) is 10.1. The first-order chi connectivity index (χ1) is 18.3. The number of amides is 2. The minimum Gasteiger partial charge on any atom is -0.508 e. The lowest BCUT2D eigenvalue weighted by atomic mass is 10.1. The van der Waals surface area contributed by atoms with Crippen molar-refractivity contribution in [1.29, 1.82) is 0 Å². The minimum absolute atomic E-state index is 0.00672. The van der Waals surface area contributed by atoms with E-state index in [2.05, 4.69) is 0 Å². The van der Waals surface area contributed by atoms with Gasteiger partial charge in [0, 0.05) is 0 Å². The number of aliphatic hydroxyl groups excluding tert-OH is 1. The minimum atomic E-state index is -0.941. The molecule has 2 amide bonds. The molecular formula is C30H28N2O5S. The smallest absolute Gasteiger partial charge is 0.307 e. The van der Waals surface area contributed by atoms with Crippen LogP contribution < -0.4 is 9.80 Å². The number of carboxylic acid groups (broad SMARTS) is 1. The van der Waals surface area contributed by atoms with Gasteiger partial charge in [0.25, 0.3) is 11.8 Å². The second-order valence-corrected chi connectivity index (χ2v) is 8.59. The SMILES string of the molecule is C/C=C\CCC(/C=C/C=C(\O)C=C1C(=O)N(c2ccccc2)C(=S)N(c2ccccc2)C1=O)=C\CC(=O)O. The first-order valence-electron chi connectivity index (χ1n) is 12.0. The Bertz CT molecular complexity index is 1280. The lowest BCUT2D eigenvalue weighted by Crippen LogP contribution is -2.57. The summed E-state index contributed by atoms with van der Waals surface area (Å²) in [5, 5.41) is 19.6. The Morgan fingerprint density at radius 3 is 1.97 bits per heavy atom. The summed E-state index contributed by atoms with van der Waals surface area (Å²) >= 11 is 5.56. The highest BCUT2D eigenvalue weighted by Gasteiger charge is 2.41. The number of aliphatic carboxylic acids is 1. The molecule has 0 atom stereocenters. The summed E-state index contributed by atoms with van der Waals surface area (Å²) < 4.78 is 0. The number of allylic oxidation sites excluding steroid dienone is 7. The van der Waals surface area contributed by atoms with Gasteiger partial charge in [-0.05, 0) is 68.4 Å². The lowest BCUT2D eigenvalue weighted by molar-refractivity contribution is -0.136. The van der Waals surface area contributed by atoms with Crippen molar-refractivity contribution in [2.24, 2.45) is 0 Å². The van der Waals surface area contributed by atoms with Gasteiger partial charge in [-0.3, -0.25) is 24.2 Å². The number of para-hydroxylation sites is 2. The van der Waals surface area contributed by atoms with Crippen molar-refractivity contribution in [3.05, 3.63) is 120 Å². The molecule has 1 saturated heterocycles. The highest BCUT2D eigenvalue weighted by Crippen LogP contribution is 2.29. The normalized spacial score (nSPS) is 15.2. The Morgan fingerprint density at radius 1 is 0.921 bits per heavy atom. The van der Waals surface area contributed by atoms with Crippen molar-refractivity contribution in [2.45, 2.75) is 26.2 Å². The molecular weight excluding hydrogens is 500 g/mol. The third kappa shape index (κ3) is 7.24. The fourth-order valence-electron chi connectivity index (χ4n) is 3.69. The van der Waals surface area contributed by atoms with Crippen LogP contribution in [-0.4, -0.2) is 33.1 Å². The van der Waals surface area contributed by atoms with E-state index in [0.29, 0.717) is 17.8 Å². The number of benzene rings is 2. The number of anilines is 2. The van der Waals surface area contributed by atoms with Crippen molar-refractivity contribution >= 4 is 46.5 Å². The second-order valence-electron chi connectivity index (χ2n) is 8.23. The largest absolute Gasteiger partial charge is 0.508 e. The van der Waals surface area contributed by atoms with Crippen LogP contribution in [0.25, 0.3) is 0 Å². The number of hydrogen-bond acceptors (Lipinski definition) is 5. The van der Waals surface area contributed by atoms with Crippen LogP contribution >= 0.6 is 12.2 Å². The van der Waals surface area contributed by atoms with Gasteiger partial charge in [-0.1, -0.05) is 72.4 Å². The summed E-state index contributed by atoms with van der Waals surface area (Å²) in [6.45, 7) is 1.91. The van der Waals surface area contributed by atoms with Gasteiger partial charge in [-0.25, -0.2) is 0 Å². The zero-order chi connectivity index (χ0) is 27.5.